The molecule has 3 amide bonds. The molecule has 10 heteroatoms. The number of nitrogens with one attached hydrogen (secondary N) is 1. The number of anilines is 1. The molecule has 4 rings (SSSR count). The smallest absolute Gasteiger partial charge is 0.294 e. The van der Waals surface area contributed by atoms with Crippen LogP contribution in [0, 0.1) is 17.5 Å². The fraction of sp³-hybridized carbons (Fsp3) is 0.192. The molecule has 0 bridgehead atoms. The second-order valence-corrected chi connectivity index (χ2v) is 8.93. The van der Waals surface area contributed by atoms with Crippen molar-refractivity contribution in [1.29, 1.82) is 0 Å². The van der Waals surface area contributed by atoms with Crippen LogP contribution in [0.3, 0.4) is 0 Å². The molecule has 0 atom stereocenters. The fourth-order valence-electron chi connectivity index (χ4n) is 3.60. The predicted molar refractivity (Wildman–Crippen MR) is 132 cm³/mol. The van der Waals surface area contributed by atoms with Gasteiger partial charge in [-0.25, -0.2) is 13.2 Å². The van der Waals surface area contributed by atoms with Crippen molar-refractivity contribution in [3.8, 4) is 5.75 Å². The number of nitrogens with zero attached hydrogens (tertiary/aromatic N) is 1. The molecule has 0 aromatic heterocycles. The monoisotopic (exact) mass is 514 g/mol. The van der Waals surface area contributed by atoms with Crippen molar-refractivity contribution in [2.24, 2.45) is 0 Å². The van der Waals surface area contributed by atoms with Crippen molar-refractivity contribution in [2.75, 3.05) is 18.5 Å². The highest BCUT2D eigenvalue weighted by Crippen LogP contribution is 2.37. The zero-order valence-electron chi connectivity index (χ0n) is 19.1. The SMILES string of the molecule is CCCCOc1ccc2ccccc2c1/C=C1\SC(=O)N(CC(=O)Nc2ccc(F)c(F)c2F)C1=O. The number of unbranched alkanes of at least 4 members (excludes halogenated alkanes) is 1. The normalized spacial score (nSPS) is 14.7. The van der Waals surface area contributed by atoms with Gasteiger partial charge in [0.05, 0.1) is 17.2 Å². The third-order valence-corrected chi connectivity index (χ3v) is 6.35. The summed E-state index contributed by atoms with van der Waals surface area (Å²) in [7, 11) is 0. The van der Waals surface area contributed by atoms with Gasteiger partial charge >= 0.3 is 0 Å². The van der Waals surface area contributed by atoms with Crippen molar-refractivity contribution in [3.05, 3.63) is 76.5 Å². The summed E-state index contributed by atoms with van der Waals surface area (Å²) < 4.78 is 46.3. The maximum atomic E-state index is 13.9. The van der Waals surface area contributed by atoms with Crippen LogP contribution >= 0.6 is 11.8 Å². The maximum absolute atomic E-state index is 13.9. The van der Waals surface area contributed by atoms with Gasteiger partial charge in [-0.05, 0) is 53.2 Å². The molecule has 1 saturated heterocycles. The minimum atomic E-state index is -1.74. The summed E-state index contributed by atoms with van der Waals surface area (Å²) in [6, 6.07) is 12.7. The van der Waals surface area contributed by atoms with Gasteiger partial charge in [0, 0.05) is 5.56 Å². The molecule has 1 aliphatic rings. The molecule has 6 nitrogen and oxygen atoms in total. The minimum Gasteiger partial charge on any atom is -0.493 e. The number of thioether (sulfide) groups is 1. The highest BCUT2D eigenvalue weighted by Gasteiger charge is 2.36. The first-order valence-corrected chi connectivity index (χ1v) is 11.9. The van der Waals surface area contributed by atoms with Crippen molar-refractivity contribution < 1.29 is 32.3 Å². The Morgan fingerprint density at radius 3 is 2.61 bits per heavy atom. The molecular weight excluding hydrogens is 493 g/mol. The molecule has 0 aliphatic carbocycles. The Labute approximate surface area is 209 Å². The van der Waals surface area contributed by atoms with E-state index in [4.69, 9.17) is 4.74 Å². The van der Waals surface area contributed by atoms with E-state index in [9.17, 15) is 27.6 Å². The van der Waals surface area contributed by atoms with Crippen LogP contribution in [0.25, 0.3) is 16.8 Å². The van der Waals surface area contributed by atoms with Crippen LogP contribution in [0.15, 0.2) is 53.4 Å². The van der Waals surface area contributed by atoms with Crippen molar-refractivity contribution in [1.82, 2.24) is 4.90 Å². The largest absolute Gasteiger partial charge is 0.493 e. The van der Waals surface area contributed by atoms with Crippen LogP contribution in [0.1, 0.15) is 25.3 Å². The first-order valence-electron chi connectivity index (χ1n) is 11.1. The number of imide groups is 1. The van der Waals surface area contributed by atoms with Crippen LogP contribution in [-0.4, -0.2) is 35.1 Å². The number of carbonyl (C=O) groups is 3. The molecule has 1 N–H and O–H groups in total. The van der Waals surface area contributed by atoms with E-state index in [-0.39, 0.29) is 4.91 Å². The van der Waals surface area contributed by atoms with Gasteiger partial charge in [-0.1, -0.05) is 43.7 Å². The van der Waals surface area contributed by atoms with Gasteiger partial charge in [0.2, 0.25) is 5.91 Å². The van der Waals surface area contributed by atoms with E-state index >= 15 is 0 Å². The Bertz CT molecular complexity index is 1390. The standard InChI is InChI=1S/C26H21F3N2O4S/c1-2-3-12-35-20-11-8-15-6-4-5-7-16(15)17(20)13-21-25(33)31(26(34)36-21)14-22(32)30-19-10-9-18(27)23(28)24(19)29/h4-11,13H,2-3,12,14H2,1H3,(H,30,32)/b21-13-. The van der Waals surface area contributed by atoms with E-state index in [1.807, 2.05) is 37.3 Å². The molecule has 3 aromatic rings. The summed E-state index contributed by atoms with van der Waals surface area (Å²) in [6.45, 7) is 1.80. The average molecular weight is 515 g/mol. The zero-order valence-corrected chi connectivity index (χ0v) is 20.0. The Morgan fingerprint density at radius 1 is 1.06 bits per heavy atom. The molecule has 36 heavy (non-hydrogen) atoms. The summed E-state index contributed by atoms with van der Waals surface area (Å²) in [5.74, 6) is -5.83. The number of rotatable bonds is 8. The summed E-state index contributed by atoms with van der Waals surface area (Å²) >= 11 is 0.657. The lowest BCUT2D eigenvalue weighted by molar-refractivity contribution is -0.127. The van der Waals surface area contributed by atoms with Gasteiger partial charge in [0.25, 0.3) is 11.1 Å². The average Bonchev–Trinajstić information content (AvgIpc) is 3.13. The molecule has 1 heterocycles. The maximum Gasteiger partial charge on any atom is 0.294 e. The van der Waals surface area contributed by atoms with E-state index < -0.39 is 46.7 Å². The second-order valence-electron chi connectivity index (χ2n) is 7.94. The van der Waals surface area contributed by atoms with Crippen LogP contribution in [0.4, 0.5) is 23.7 Å². The van der Waals surface area contributed by atoms with Crippen LogP contribution in [0.5, 0.6) is 5.75 Å². The minimum absolute atomic E-state index is 0.0866. The number of ether oxygens (including phenoxy) is 1. The number of fused-ring (bicyclic) bond motifs is 1. The number of carbonyl (C=O) groups excluding carboxylic acids is 3. The number of benzene rings is 3. The fourth-order valence-corrected chi connectivity index (χ4v) is 4.42. The highest BCUT2D eigenvalue weighted by molar-refractivity contribution is 8.18. The van der Waals surface area contributed by atoms with Gasteiger partial charge in [0.15, 0.2) is 17.5 Å². The van der Waals surface area contributed by atoms with E-state index in [1.165, 1.54) is 0 Å². The summed E-state index contributed by atoms with van der Waals surface area (Å²) in [5, 5.41) is 3.10. The lowest BCUT2D eigenvalue weighted by Crippen LogP contribution is -2.36. The lowest BCUT2D eigenvalue weighted by atomic mass is 10.0. The summed E-state index contributed by atoms with van der Waals surface area (Å²) in [5.41, 5.74) is 0.0223. The van der Waals surface area contributed by atoms with E-state index in [2.05, 4.69) is 5.32 Å². The van der Waals surface area contributed by atoms with E-state index in [0.29, 0.717) is 40.6 Å². The molecule has 1 fully saturated rings. The van der Waals surface area contributed by atoms with Crippen molar-refractivity contribution in [2.45, 2.75) is 19.8 Å². The summed E-state index contributed by atoms with van der Waals surface area (Å²) in [6.07, 6.45) is 3.34. The molecule has 0 unspecified atom stereocenters. The molecule has 3 aromatic carbocycles. The van der Waals surface area contributed by atoms with Gasteiger partial charge in [-0.15, -0.1) is 0 Å². The number of hydrogen-bond donors (Lipinski definition) is 1. The zero-order chi connectivity index (χ0) is 25.8. The molecule has 186 valence electrons. The molecule has 1 aliphatic heterocycles. The van der Waals surface area contributed by atoms with Gasteiger partial charge < -0.3 is 10.1 Å². The topological polar surface area (TPSA) is 75.7 Å². The van der Waals surface area contributed by atoms with Gasteiger partial charge in [-0.3, -0.25) is 19.3 Å². The molecular formula is C26H21F3N2O4S. The quantitative estimate of drug-likeness (QED) is 0.223. The van der Waals surface area contributed by atoms with Crippen LogP contribution in [-0.2, 0) is 9.59 Å². The van der Waals surface area contributed by atoms with Crippen molar-refractivity contribution in [3.63, 3.8) is 0 Å². The van der Waals surface area contributed by atoms with E-state index in [1.54, 1.807) is 12.1 Å². The first-order chi connectivity index (χ1) is 17.3. The Hall–Kier alpha value is -3.79. The molecule has 0 spiro atoms. The number of hydrogen-bond acceptors (Lipinski definition) is 5. The summed E-state index contributed by atoms with van der Waals surface area (Å²) in [4.78, 5) is 38.7. The Morgan fingerprint density at radius 2 is 1.83 bits per heavy atom. The lowest BCUT2D eigenvalue weighted by Gasteiger charge is -2.13. The Kier molecular flexibility index (Phi) is 7.64. The third-order valence-electron chi connectivity index (χ3n) is 5.45. The predicted octanol–water partition coefficient (Wildman–Crippen LogP) is 6.11. The second kappa shape index (κ2) is 10.9. The number of amides is 3. The first kappa shape index (κ1) is 25.3. The third kappa shape index (κ3) is 5.23. The molecule has 0 radical (unpaired) electrons. The van der Waals surface area contributed by atoms with Crippen LogP contribution < -0.4 is 10.1 Å². The molecule has 0 saturated carbocycles. The number of halogens is 3. The Balaban J connectivity index is 1.58. The van der Waals surface area contributed by atoms with Crippen molar-refractivity contribution >= 4 is 51.4 Å². The van der Waals surface area contributed by atoms with Gasteiger partial charge in [0.1, 0.15) is 12.3 Å². The van der Waals surface area contributed by atoms with E-state index in [0.717, 1.165) is 29.7 Å². The van der Waals surface area contributed by atoms with Crippen LogP contribution in [0.2, 0.25) is 0 Å². The highest BCUT2D eigenvalue weighted by atomic mass is 32.2. The van der Waals surface area contributed by atoms with Gasteiger partial charge in [-0.2, -0.15) is 0 Å².